The maximum absolute atomic E-state index is 11.1. The Bertz CT molecular complexity index is 777. The first-order chi connectivity index (χ1) is 13.3. The van der Waals surface area contributed by atoms with Crippen LogP contribution in [0.5, 0.6) is 0 Å². The predicted octanol–water partition coefficient (Wildman–Crippen LogP) is 5.79. The summed E-state index contributed by atoms with van der Waals surface area (Å²) < 4.78 is 5.99. The van der Waals surface area contributed by atoms with Crippen LogP contribution in [0.15, 0.2) is 91.0 Å². The normalized spacial score (nSPS) is 13.4. The van der Waals surface area contributed by atoms with Gasteiger partial charge in [0.25, 0.3) is 0 Å². The third-order valence-electron chi connectivity index (χ3n) is 4.78. The molecule has 0 saturated heterocycles. The lowest BCUT2D eigenvalue weighted by Gasteiger charge is -2.33. The van der Waals surface area contributed by atoms with Crippen LogP contribution in [0.4, 0.5) is 0 Å². The number of benzene rings is 3. The van der Waals surface area contributed by atoms with Crippen molar-refractivity contribution in [1.82, 2.24) is 5.06 Å². The molecule has 1 N–H and O–H groups in total. The topological polar surface area (TPSA) is 32.7 Å². The van der Waals surface area contributed by atoms with Gasteiger partial charge >= 0.3 is 0 Å². The molecule has 3 heteroatoms. The van der Waals surface area contributed by atoms with E-state index in [0.29, 0.717) is 13.2 Å². The van der Waals surface area contributed by atoms with E-state index in [-0.39, 0.29) is 12.1 Å². The summed E-state index contributed by atoms with van der Waals surface area (Å²) in [5.74, 6) is 0. The van der Waals surface area contributed by atoms with Crippen LogP contribution in [0.25, 0.3) is 0 Å². The number of ether oxygens (including phenoxy) is 1. The lowest BCUT2D eigenvalue weighted by atomic mass is 10.00. The second kappa shape index (κ2) is 10.0. The summed E-state index contributed by atoms with van der Waals surface area (Å²) in [4.78, 5) is 0. The molecule has 3 aromatic carbocycles. The Labute approximate surface area is 161 Å². The Morgan fingerprint density at radius 2 is 1.22 bits per heavy atom. The van der Waals surface area contributed by atoms with E-state index in [1.165, 1.54) is 5.06 Å². The number of hydrogen-bond acceptors (Lipinski definition) is 3. The summed E-state index contributed by atoms with van der Waals surface area (Å²) in [7, 11) is 0. The summed E-state index contributed by atoms with van der Waals surface area (Å²) in [6.07, 6.45) is 0.808. The number of hydrogen-bond donors (Lipinski definition) is 1. The zero-order chi connectivity index (χ0) is 18.9. The molecule has 0 amide bonds. The van der Waals surface area contributed by atoms with Crippen molar-refractivity contribution >= 4 is 0 Å². The molecular weight excluding hydrogens is 334 g/mol. The van der Waals surface area contributed by atoms with Gasteiger partial charge in [-0.2, -0.15) is 5.06 Å². The quantitative estimate of drug-likeness (QED) is 0.490. The van der Waals surface area contributed by atoms with Crippen molar-refractivity contribution in [3.05, 3.63) is 108 Å². The smallest absolute Gasteiger partial charge is 0.0840 e. The monoisotopic (exact) mass is 361 g/mol. The molecule has 0 bridgehead atoms. The molecule has 0 fully saturated rings. The molecule has 3 nitrogen and oxygen atoms in total. The first kappa shape index (κ1) is 19.3. The van der Waals surface area contributed by atoms with E-state index in [0.717, 1.165) is 23.1 Å². The molecule has 0 radical (unpaired) electrons. The average molecular weight is 361 g/mol. The molecule has 0 unspecified atom stereocenters. The summed E-state index contributed by atoms with van der Waals surface area (Å²) in [5, 5.41) is 12.6. The van der Waals surface area contributed by atoms with Crippen molar-refractivity contribution in [2.24, 2.45) is 0 Å². The minimum atomic E-state index is -0.236. The predicted molar refractivity (Wildman–Crippen MR) is 108 cm³/mol. The van der Waals surface area contributed by atoms with Gasteiger partial charge in [-0.1, -0.05) is 97.9 Å². The highest BCUT2D eigenvalue weighted by atomic mass is 16.5. The third kappa shape index (κ3) is 5.27. The third-order valence-corrected chi connectivity index (χ3v) is 4.78. The molecule has 140 valence electrons. The van der Waals surface area contributed by atoms with Crippen LogP contribution in [0.2, 0.25) is 0 Å². The van der Waals surface area contributed by atoms with Gasteiger partial charge in [-0.15, -0.1) is 0 Å². The first-order valence-electron chi connectivity index (χ1n) is 9.48. The van der Waals surface area contributed by atoms with E-state index in [9.17, 15) is 5.21 Å². The fourth-order valence-corrected chi connectivity index (χ4v) is 3.33. The Kier molecular flexibility index (Phi) is 7.17. The fraction of sp³-hybridized carbons (Fsp3) is 0.250. The van der Waals surface area contributed by atoms with Crippen molar-refractivity contribution < 1.29 is 9.94 Å². The van der Waals surface area contributed by atoms with Crippen LogP contribution in [-0.4, -0.2) is 16.9 Å². The molecule has 0 aliphatic carbocycles. The van der Waals surface area contributed by atoms with Crippen molar-refractivity contribution in [2.45, 2.75) is 32.0 Å². The lowest BCUT2D eigenvalue weighted by molar-refractivity contribution is -0.180. The summed E-state index contributed by atoms with van der Waals surface area (Å²) in [5.41, 5.74) is 3.28. The summed E-state index contributed by atoms with van der Waals surface area (Å²) in [6.45, 7) is 3.03. The summed E-state index contributed by atoms with van der Waals surface area (Å²) >= 11 is 0. The second-order valence-electron chi connectivity index (χ2n) is 6.64. The van der Waals surface area contributed by atoms with E-state index in [4.69, 9.17) is 4.74 Å². The second-order valence-corrected chi connectivity index (χ2v) is 6.64. The maximum atomic E-state index is 11.1. The Morgan fingerprint density at radius 3 is 1.74 bits per heavy atom. The van der Waals surface area contributed by atoms with E-state index in [2.05, 4.69) is 19.1 Å². The van der Waals surface area contributed by atoms with Gasteiger partial charge in [-0.25, -0.2) is 0 Å². The van der Waals surface area contributed by atoms with E-state index in [1.807, 2.05) is 78.9 Å². The fourth-order valence-electron chi connectivity index (χ4n) is 3.33. The first-order valence-corrected chi connectivity index (χ1v) is 9.48. The molecular formula is C24H27NO2. The zero-order valence-electron chi connectivity index (χ0n) is 15.7. The van der Waals surface area contributed by atoms with Crippen molar-refractivity contribution in [2.75, 3.05) is 6.61 Å². The highest BCUT2D eigenvalue weighted by molar-refractivity contribution is 5.22. The van der Waals surface area contributed by atoms with Crippen LogP contribution in [-0.2, 0) is 11.3 Å². The highest BCUT2D eigenvalue weighted by Crippen LogP contribution is 2.31. The molecule has 0 aliphatic heterocycles. The van der Waals surface area contributed by atoms with Crippen LogP contribution < -0.4 is 0 Å². The molecule has 0 saturated carbocycles. The Hall–Kier alpha value is -2.46. The molecule has 2 atom stereocenters. The van der Waals surface area contributed by atoms with E-state index >= 15 is 0 Å². The van der Waals surface area contributed by atoms with Gasteiger partial charge in [0.15, 0.2) is 0 Å². The molecule has 3 rings (SSSR count). The van der Waals surface area contributed by atoms with Gasteiger partial charge in [0.1, 0.15) is 0 Å². The minimum absolute atomic E-state index is 0.0864. The van der Waals surface area contributed by atoms with Crippen molar-refractivity contribution in [1.29, 1.82) is 0 Å². The van der Waals surface area contributed by atoms with Crippen LogP contribution in [0.3, 0.4) is 0 Å². The Balaban J connectivity index is 1.76. The summed E-state index contributed by atoms with van der Waals surface area (Å²) in [6, 6.07) is 30.0. The van der Waals surface area contributed by atoms with Crippen molar-refractivity contribution in [3.63, 3.8) is 0 Å². The van der Waals surface area contributed by atoms with Gasteiger partial charge in [0.05, 0.1) is 25.3 Å². The maximum Gasteiger partial charge on any atom is 0.0840 e. The molecule has 3 aromatic rings. The van der Waals surface area contributed by atoms with Crippen LogP contribution >= 0.6 is 0 Å². The SMILES string of the molecule is CC[C@@H](c1ccccc1)N(O)[C@H](COCc1ccccc1)c1ccccc1. The molecule has 27 heavy (non-hydrogen) atoms. The van der Waals surface area contributed by atoms with Gasteiger partial charge in [-0.05, 0) is 23.1 Å². The molecule has 0 heterocycles. The standard InChI is InChI=1S/C24H27NO2/c1-2-23(21-14-8-4-9-15-21)25(26)24(22-16-10-5-11-17-22)19-27-18-20-12-6-3-7-13-20/h3-17,23-24,26H,2,18-19H2,1H3/t23-,24+/m0/s1. The van der Waals surface area contributed by atoms with Crippen LogP contribution in [0.1, 0.15) is 42.1 Å². The van der Waals surface area contributed by atoms with E-state index < -0.39 is 0 Å². The minimum Gasteiger partial charge on any atom is -0.375 e. The average Bonchev–Trinajstić information content (AvgIpc) is 2.74. The van der Waals surface area contributed by atoms with Crippen molar-refractivity contribution in [3.8, 4) is 0 Å². The van der Waals surface area contributed by atoms with Crippen LogP contribution in [0, 0.1) is 0 Å². The van der Waals surface area contributed by atoms with Gasteiger partial charge in [-0.3, -0.25) is 0 Å². The Morgan fingerprint density at radius 1 is 0.741 bits per heavy atom. The number of rotatable bonds is 9. The zero-order valence-corrected chi connectivity index (χ0v) is 15.7. The van der Waals surface area contributed by atoms with E-state index in [1.54, 1.807) is 0 Å². The molecule has 0 aromatic heterocycles. The number of hydroxylamine groups is 2. The number of nitrogens with zero attached hydrogens (tertiary/aromatic N) is 1. The largest absolute Gasteiger partial charge is 0.375 e. The van der Waals surface area contributed by atoms with Gasteiger partial charge < -0.3 is 9.94 Å². The van der Waals surface area contributed by atoms with Gasteiger partial charge in [0, 0.05) is 0 Å². The highest BCUT2D eigenvalue weighted by Gasteiger charge is 2.26. The molecule has 0 aliphatic rings. The molecule has 0 spiro atoms. The lowest BCUT2D eigenvalue weighted by Crippen LogP contribution is -2.32. The van der Waals surface area contributed by atoms with Gasteiger partial charge in [0.2, 0.25) is 0 Å².